The van der Waals surface area contributed by atoms with Crippen molar-refractivity contribution < 1.29 is 9.59 Å². The van der Waals surface area contributed by atoms with E-state index in [1.807, 2.05) is 60.5 Å². The SMILES string of the molecule is CN(C(=O)CC1CCCCC1)c1ccc(C(=O)N2Cc3cccn3Cc3ccccc32)cc1. The first-order chi connectivity index (χ1) is 16.1. The van der Waals surface area contributed by atoms with Crippen molar-refractivity contribution in [1.82, 2.24) is 4.57 Å². The fourth-order valence-corrected chi connectivity index (χ4v) is 5.17. The van der Waals surface area contributed by atoms with Gasteiger partial charge in [0.2, 0.25) is 5.91 Å². The summed E-state index contributed by atoms with van der Waals surface area (Å²) in [6, 6.07) is 19.7. The maximum absolute atomic E-state index is 13.6. The van der Waals surface area contributed by atoms with Gasteiger partial charge in [0.15, 0.2) is 0 Å². The lowest BCUT2D eigenvalue weighted by atomic mass is 9.86. The highest BCUT2D eigenvalue weighted by Gasteiger charge is 2.25. The predicted octanol–water partition coefficient (Wildman–Crippen LogP) is 5.63. The van der Waals surface area contributed by atoms with Gasteiger partial charge >= 0.3 is 0 Å². The molecule has 1 fully saturated rings. The number of nitrogens with zero attached hydrogens (tertiary/aromatic N) is 3. The molecule has 1 aliphatic carbocycles. The highest BCUT2D eigenvalue weighted by molar-refractivity contribution is 6.07. The van der Waals surface area contributed by atoms with Crippen LogP contribution in [0.4, 0.5) is 11.4 Å². The van der Waals surface area contributed by atoms with Crippen LogP contribution in [-0.2, 0) is 17.9 Å². The third-order valence-corrected chi connectivity index (χ3v) is 7.18. The number of benzene rings is 2. The third kappa shape index (κ3) is 4.45. The molecule has 170 valence electrons. The van der Waals surface area contributed by atoms with Crippen LogP contribution in [0.1, 0.15) is 60.1 Å². The Morgan fingerprint density at radius 1 is 0.909 bits per heavy atom. The second-order valence-electron chi connectivity index (χ2n) is 9.36. The van der Waals surface area contributed by atoms with Crippen molar-refractivity contribution >= 4 is 23.2 Å². The fraction of sp³-hybridized carbons (Fsp3) is 0.357. The van der Waals surface area contributed by atoms with Crippen LogP contribution in [0.15, 0.2) is 66.9 Å². The third-order valence-electron chi connectivity index (χ3n) is 7.18. The van der Waals surface area contributed by atoms with Crippen LogP contribution in [0.25, 0.3) is 0 Å². The first-order valence-electron chi connectivity index (χ1n) is 12.0. The molecule has 1 aliphatic heterocycles. The zero-order valence-corrected chi connectivity index (χ0v) is 19.2. The van der Waals surface area contributed by atoms with Crippen LogP contribution in [0.2, 0.25) is 0 Å². The van der Waals surface area contributed by atoms with Crippen LogP contribution >= 0.6 is 0 Å². The molecule has 0 saturated heterocycles. The second kappa shape index (κ2) is 9.26. The summed E-state index contributed by atoms with van der Waals surface area (Å²) in [6.07, 6.45) is 8.77. The van der Waals surface area contributed by atoms with E-state index in [0.29, 0.717) is 24.4 Å². The zero-order chi connectivity index (χ0) is 22.8. The van der Waals surface area contributed by atoms with Crippen molar-refractivity contribution in [1.29, 1.82) is 0 Å². The molecule has 1 aromatic heterocycles. The van der Waals surface area contributed by atoms with Gasteiger partial charge in [-0.1, -0.05) is 37.5 Å². The molecule has 2 amide bonds. The lowest BCUT2D eigenvalue weighted by molar-refractivity contribution is -0.119. The lowest BCUT2D eigenvalue weighted by Crippen LogP contribution is -2.31. The molecule has 5 nitrogen and oxygen atoms in total. The summed E-state index contributed by atoms with van der Waals surface area (Å²) >= 11 is 0. The van der Waals surface area contributed by atoms with Gasteiger partial charge in [0.25, 0.3) is 5.91 Å². The Morgan fingerprint density at radius 2 is 1.67 bits per heavy atom. The standard InChI is InChI=1S/C28H31N3O2/c1-29(27(32)18-21-8-3-2-4-9-21)24-15-13-22(14-16-24)28(33)31-20-25-11-7-17-30(25)19-23-10-5-6-12-26(23)31/h5-7,10-17,21H,2-4,8-9,18-20H2,1H3. The zero-order valence-electron chi connectivity index (χ0n) is 19.2. The molecule has 0 atom stereocenters. The van der Waals surface area contributed by atoms with Crippen molar-refractivity contribution in [3.05, 3.63) is 83.7 Å². The molecule has 2 aliphatic rings. The number of rotatable bonds is 4. The highest BCUT2D eigenvalue weighted by atomic mass is 16.2. The van der Waals surface area contributed by atoms with E-state index in [2.05, 4.69) is 22.9 Å². The number of anilines is 2. The van der Waals surface area contributed by atoms with Crippen molar-refractivity contribution in [2.24, 2.45) is 5.92 Å². The molecule has 2 heterocycles. The molecule has 1 saturated carbocycles. The van der Waals surface area contributed by atoms with E-state index in [1.54, 1.807) is 4.90 Å². The molecule has 33 heavy (non-hydrogen) atoms. The van der Waals surface area contributed by atoms with E-state index in [9.17, 15) is 9.59 Å². The molecule has 0 bridgehead atoms. The van der Waals surface area contributed by atoms with Gasteiger partial charge in [0, 0.05) is 48.8 Å². The van der Waals surface area contributed by atoms with Crippen molar-refractivity contribution in [2.75, 3.05) is 16.8 Å². The van der Waals surface area contributed by atoms with E-state index in [-0.39, 0.29) is 11.8 Å². The molecule has 5 heteroatoms. The Kier molecular flexibility index (Phi) is 6.03. The highest BCUT2D eigenvalue weighted by Crippen LogP contribution is 2.30. The number of para-hydroxylation sites is 1. The quantitative estimate of drug-likeness (QED) is 0.527. The maximum atomic E-state index is 13.6. The number of amides is 2. The average Bonchev–Trinajstić information content (AvgIpc) is 3.23. The Hall–Kier alpha value is -3.34. The summed E-state index contributed by atoms with van der Waals surface area (Å²) in [5.74, 6) is 0.639. The Morgan fingerprint density at radius 3 is 2.45 bits per heavy atom. The summed E-state index contributed by atoms with van der Waals surface area (Å²) in [4.78, 5) is 29.9. The monoisotopic (exact) mass is 441 g/mol. The van der Waals surface area contributed by atoms with Crippen LogP contribution in [0, 0.1) is 5.92 Å². The van der Waals surface area contributed by atoms with Crippen molar-refractivity contribution in [3.63, 3.8) is 0 Å². The minimum Gasteiger partial charge on any atom is -0.345 e. The predicted molar refractivity (Wildman–Crippen MR) is 132 cm³/mol. The summed E-state index contributed by atoms with van der Waals surface area (Å²) in [6.45, 7) is 1.29. The van der Waals surface area contributed by atoms with E-state index in [4.69, 9.17) is 0 Å². The van der Waals surface area contributed by atoms with Gasteiger partial charge in [-0.3, -0.25) is 9.59 Å². The van der Waals surface area contributed by atoms with Gasteiger partial charge in [-0.05, 0) is 66.8 Å². The summed E-state index contributed by atoms with van der Waals surface area (Å²) in [7, 11) is 1.83. The van der Waals surface area contributed by atoms with Gasteiger partial charge in [-0.2, -0.15) is 0 Å². The number of fused-ring (bicyclic) bond motifs is 2. The van der Waals surface area contributed by atoms with E-state index in [1.165, 1.54) is 19.3 Å². The number of carbonyl (C=O) groups is 2. The maximum Gasteiger partial charge on any atom is 0.258 e. The smallest absolute Gasteiger partial charge is 0.258 e. The Labute approximate surface area is 195 Å². The van der Waals surface area contributed by atoms with Crippen LogP contribution in [0.5, 0.6) is 0 Å². The number of carbonyl (C=O) groups excluding carboxylic acids is 2. The second-order valence-corrected chi connectivity index (χ2v) is 9.36. The minimum atomic E-state index is -0.0279. The molecule has 0 radical (unpaired) electrons. The first kappa shape index (κ1) is 21.5. The van der Waals surface area contributed by atoms with Crippen molar-refractivity contribution in [3.8, 4) is 0 Å². The molecular formula is C28H31N3O2. The Balaban J connectivity index is 1.34. The van der Waals surface area contributed by atoms with E-state index in [0.717, 1.165) is 42.0 Å². The fourth-order valence-electron chi connectivity index (χ4n) is 5.17. The van der Waals surface area contributed by atoms with E-state index >= 15 is 0 Å². The van der Waals surface area contributed by atoms with Crippen LogP contribution < -0.4 is 9.80 Å². The first-order valence-corrected chi connectivity index (χ1v) is 12.0. The van der Waals surface area contributed by atoms with Crippen LogP contribution in [0.3, 0.4) is 0 Å². The van der Waals surface area contributed by atoms with Crippen molar-refractivity contribution in [2.45, 2.75) is 51.6 Å². The minimum absolute atomic E-state index is 0.0279. The number of aromatic nitrogens is 1. The number of hydrogen-bond acceptors (Lipinski definition) is 2. The molecule has 0 N–H and O–H groups in total. The molecule has 0 unspecified atom stereocenters. The normalized spacial score (nSPS) is 16.0. The Bertz CT molecular complexity index is 1140. The molecule has 5 rings (SSSR count). The number of hydrogen-bond donors (Lipinski definition) is 0. The van der Waals surface area contributed by atoms with E-state index < -0.39 is 0 Å². The molecule has 3 aromatic rings. The molecular weight excluding hydrogens is 410 g/mol. The summed E-state index contributed by atoms with van der Waals surface area (Å²) in [5, 5.41) is 0. The largest absolute Gasteiger partial charge is 0.345 e. The van der Waals surface area contributed by atoms with Gasteiger partial charge in [-0.15, -0.1) is 0 Å². The van der Waals surface area contributed by atoms with Crippen LogP contribution in [-0.4, -0.2) is 23.4 Å². The average molecular weight is 442 g/mol. The lowest BCUT2D eigenvalue weighted by Gasteiger charge is -2.25. The summed E-state index contributed by atoms with van der Waals surface area (Å²) in [5.41, 5.74) is 4.66. The van der Waals surface area contributed by atoms with Gasteiger partial charge in [-0.25, -0.2) is 0 Å². The molecule has 0 spiro atoms. The summed E-state index contributed by atoms with van der Waals surface area (Å²) < 4.78 is 2.20. The molecule has 2 aromatic carbocycles. The van der Waals surface area contributed by atoms with Gasteiger partial charge < -0.3 is 14.4 Å². The van der Waals surface area contributed by atoms with Gasteiger partial charge in [0.05, 0.1) is 6.54 Å². The topological polar surface area (TPSA) is 45.6 Å². The van der Waals surface area contributed by atoms with Gasteiger partial charge in [0.1, 0.15) is 0 Å².